The number of carbonyl (C=O) groups excluding carboxylic acids is 8. The molecule has 0 unspecified atom stereocenters. The van der Waals surface area contributed by atoms with E-state index in [1.165, 1.54) is 24.3 Å². The van der Waals surface area contributed by atoms with E-state index in [4.69, 9.17) is 14.2 Å². The summed E-state index contributed by atoms with van der Waals surface area (Å²) < 4.78 is 17.8. The molecule has 0 atom stereocenters. The molecule has 1 fully saturated rings. The summed E-state index contributed by atoms with van der Waals surface area (Å²) in [5.41, 5.74) is -3.08. The van der Waals surface area contributed by atoms with Crippen LogP contribution in [0.25, 0.3) is 0 Å². The SMILES string of the molecule is O=C(CCCCCN1CCCC1=O)OCCn1c(=O)n(CCOC(=O)CCCCCN2C(=O)C=CC2=O)c(=O)n(CCOC(=O)CCCCCN2C(=O)C=CC2=O)c1=O. The van der Waals surface area contributed by atoms with Crippen LogP contribution in [0.4, 0.5) is 0 Å². The molecule has 1 aromatic rings. The summed E-state index contributed by atoms with van der Waals surface area (Å²) in [5, 5.41) is 0. The highest BCUT2D eigenvalue weighted by molar-refractivity contribution is 6.13. The van der Waals surface area contributed by atoms with E-state index in [1.54, 1.807) is 4.90 Å². The fraction of sp³-hybridized carbons (Fsp3) is 0.615. The monoisotopic (exact) mass is 828 g/mol. The lowest BCUT2D eigenvalue weighted by atomic mass is 10.2. The van der Waals surface area contributed by atoms with Crippen molar-refractivity contribution < 1.29 is 52.6 Å². The topological polar surface area (TPSA) is 240 Å². The Bertz CT molecular complexity index is 1830. The van der Waals surface area contributed by atoms with Crippen LogP contribution in [0.2, 0.25) is 0 Å². The van der Waals surface area contributed by atoms with E-state index in [2.05, 4.69) is 0 Å². The van der Waals surface area contributed by atoms with E-state index in [0.717, 1.165) is 29.2 Å². The summed E-state index contributed by atoms with van der Waals surface area (Å²) in [5.74, 6) is -3.18. The van der Waals surface area contributed by atoms with Gasteiger partial charge in [-0.25, -0.2) is 28.1 Å². The molecule has 4 heterocycles. The van der Waals surface area contributed by atoms with Crippen LogP contribution in [0.5, 0.6) is 0 Å². The molecule has 0 bridgehead atoms. The van der Waals surface area contributed by atoms with Gasteiger partial charge in [0, 0.05) is 76.2 Å². The second-order valence-electron chi connectivity index (χ2n) is 14.2. The van der Waals surface area contributed by atoms with Crippen LogP contribution < -0.4 is 17.1 Å². The first-order valence-electron chi connectivity index (χ1n) is 20.1. The van der Waals surface area contributed by atoms with Crippen molar-refractivity contribution >= 4 is 47.4 Å². The highest BCUT2D eigenvalue weighted by Crippen LogP contribution is 2.12. The summed E-state index contributed by atoms with van der Waals surface area (Å²) in [6.45, 7) is -0.534. The largest absolute Gasteiger partial charge is 0.464 e. The number of nitrogens with zero attached hydrogens (tertiary/aromatic N) is 6. The van der Waals surface area contributed by atoms with Gasteiger partial charge in [0.05, 0.1) is 19.6 Å². The molecule has 0 spiro atoms. The van der Waals surface area contributed by atoms with E-state index in [9.17, 15) is 52.7 Å². The number of ether oxygens (including phenoxy) is 3. The molecule has 5 amide bonds. The van der Waals surface area contributed by atoms with E-state index in [0.29, 0.717) is 78.0 Å². The van der Waals surface area contributed by atoms with Crippen LogP contribution in [-0.4, -0.2) is 122 Å². The number of imide groups is 2. The molecule has 20 heteroatoms. The van der Waals surface area contributed by atoms with Gasteiger partial charge in [-0.15, -0.1) is 0 Å². The van der Waals surface area contributed by atoms with Gasteiger partial charge in [-0.2, -0.15) is 0 Å². The van der Waals surface area contributed by atoms with E-state index >= 15 is 0 Å². The number of unbranched alkanes of at least 4 members (excludes halogenated alkanes) is 6. The predicted octanol–water partition coefficient (Wildman–Crippen LogP) is -0.0451. The van der Waals surface area contributed by atoms with Gasteiger partial charge >= 0.3 is 35.0 Å². The third kappa shape index (κ3) is 14.1. The van der Waals surface area contributed by atoms with Crippen LogP contribution in [0, 0.1) is 0 Å². The minimum atomic E-state index is -1.03. The average Bonchev–Trinajstić information content (AvgIpc) is 3.87. The molecule has 0 aromatic carbocycles. The molecule has 20 nitrogen and oxygen atoms in total. The number of hydrogen-bond acceptors (Lipinski definition) is 14. The maximum absolute atomic E-state index is 13.4. The number of esters is 3. The second kappa shape index (κ2) is 23.5. The number of carbonyl (C=O) groups is 8. The van der Waals surface area contributed by atoms with E-state index < -0.39 is 54.6 Å². The van der Waals surface area contributed by atoms with Crippen molar-refractivity contribution in [2.24, 2.45) is 0 Å². The Morgan fingerprint density at radius 2 is 0.780 bits per heavy atom. The van der Waals surface area contributed by atoms with Crippen molar-refractivity contribution in [2.75, 3.05) is 46.0 Å². The Hall–Kier alpha value is -5.95. The summed E-state index contributed by atoms with van der Waals surface area (Å²) in [6.07, 6.45) is 11.1. The van der Waals surface area contributed by atoms with Crippen LogP contribution in [0.3, 0.4) is 0 Å². The first-order valence-corrected chi connectivity index (χ1v) is 20.1. The van der Waals surface area contributed by atoms with Crippen LogP contribution in [-0.2, 0) is 72.2 Å². The van der Waals surface area contributed by atoms with Crippen molar-refractivity contribution in [1.82, 2.24) is 28.4 Å². The molecule has 0 saturated carbocycles. The molecule has 4 rings (SSSR count). The molecule has 0 N–H and O–H groups in total. The van der Waals surface area contributed by atoms with Crippen molar-refractivity contribution in [3.63, 3.8) is 0 Å². The van der Waals surface area contributed by atoms with Gasteiger partial charge in [0.25, 0.3) is 23.6 Å². The molecule has 0 aliphatic carbocycles. The lowest BCUT2D eigenvalue weighted by Crippen LogP contribution is -2.55. The Morgan fingerprint density at radius 1 is 0.441 bits per heavy atom. The number of hydrogen-bond donors (Lipinski definition) is 0. The molecule has 3 aliphatic heterocycles. The van der Waals surface area contributed by atoms with Gasteiger partial charge < -0.3 is 19.1 Å². The number of aromatic nitrogens is 3. The molecule has 3 aliphatic rings. The molecule has 59 heavy (non-hydrogen) atoms. The maximum Gasteiger partial charge on any atom is 0.336 e. The molecular formula is C39H52N6O14. The van der Waals surface area contributed by atoms with Gasteiger partial charge in [0.2, 0.25) is 5.91 Å². The minimum absolute atomic E-state index is 0.00288. The van der Waals surface area contributed by atoms with Gasteiger partial charge in [0.1, 0.15) is 19.8 Å². The zero-order valence-corrected chi connectivity index (χ0v) is 33.2. The van der Waals surface area contributed by atoms with Crippen molar-refractivity contribution in [3.05, 3.63) is 55.8 Å². The number of likely N-dealkylation sites (tertiary alicyclic amines) is 1. The lowest BCUT2D eigenvalue weighted by molar-refractivity contribution is -0.144. The fourth-order valence-electron chi connectivity index (χ4n) is 6.65. The fourth-order valence-corrected chi connectivity index (χ4v) is 6.65. The second-order valence-corrected chi connectivity index (χ2v) is 14.2. The smallest absolute Gasteiger partial charge is 0.336 e. The molecule has 0 radical (unpaired) electrons. The van der Waals surface area contributed by atoms with Crippen LogP contribution >= 0.6 is 0 Å². The number of amides is 5. The van der Waals surface area contributed by atoms with Crippen LogP contribution in [0.15, 0.2) is 38.7 Å². The summed E-state index contributed by atoms with van der Waals surface area (Å²) in [7, 11) is 0. The Balaban J connectivity index is 1.26. The van der Waals surface area contributed by atoms with Gasteiger partial charge in [-0.3, -0.25) is 48.2 Å². The summed E-state index contributed by atoms with van der Waals surface area (Å²) in [4.78, 5) is 140. The highest BCUT2D eigenvalue weighted by Gasteiger charge is 2.24. The van der Waals surface area contributed by atoms with Gasteiger partial charge in [-0.05, 0) is 44.9 Å². The Kier molecular flexibility index (Phi) is 18.2. The molecule has 322 valence electrons. The third-order valence-corrected chi connectivity index (χ3v) is 9.93. The predicted molar refractivity (Wildman–Crippen MR) is 205 cm³/mol. The van der Waals surface area contributed by atoms with Gasteiger partial charge in [0.15, 0.2) is 0 Å². The summed E-state index contributed by atoms with van der Waals surface area (Å²) >= 11 is 0. The quantitative estimate of drug-likeness (QED) is 0.0490. The van der Waals surface area contributed by atoms with Crippen molar-refractivity contribution in [1.29, 1.82) is 0 Å². The molecule has 1 saturated heterocycles. The van der Waals surface area contributed by atoms with E-state index in [1.807, 2.05) is 0 Å². The minimum Gasteiger partial charge on any atom is -0.464 e. The zero-order chi connectivity index (χ0) is 42.7. The summed E-state index contributed by atoms with van der Waals surface area (Å²) in [6, 6.07) is 0. The Labute approximate surface area is 339 Å². The number of rotatable bonds is 27. The molecule has 1 aromatic heterocycles. The van der Waals surface area contributed by atoms with Crippen LogP contribution in [0.1, 0.15) is 89.9 Å². The average molecular weight is 829 g/mol. The third-order valence-electron chi connectivity index (χ3n) is 9.93. The zero-order valence-electron chi connectivity index (χ0n) is 33.2. The molecular weight excluding hydrogens is 776 g/mol. The van der Waals surface area contributed by atoms with Gasteiger partial charge in [-0.1, -0.05) is 19.3 Å². The van der Waals surface area contributed by atoms with E-state index in [-0.39, 0.29) is 81.7 Å². The first-order chi connectivity index (χ1) is 28.4. The normalized spacial score (nSPS) is 15.0. The first kappa shape index (κ1) is 45.7. The lowest BCUT2D eigenvalue weighted by Gasteiger charge is -2.15. The maximum atomic E-state index is 13.4. The highest BCUT2D eigenvalue weighted by atomic mass is 16.5. The Morgan fingerprint density at radius 3 is 1.10 bits per heavy atom. The van der Waals surface area contributed by atoms with Crippen molar-refractivity contribution in [2.45, 2.75) is 110 Å². The standard InChI is InChI=1S/C39H52N6O14/c46-29-11-10-20-40(29)19-7-1-4-12-34(51)57-26-23-43-37(54)44(24-27-58-35(52)13-5-2-8-21-41-30(47)15-16-31(41)48)39(56)45(38(43)55)25-28-59-36(53)14-6-3-9-22-42-32(49)17-18-33(42)50/h15-18H,1-14,19-28H2. The van der Waals surface area contributed by atoms with Crippen molar-refractivity contribution in [3.8, 4) is 0 Å².